The van der Waals surface area contributed by atoms with Gasteiger partial charge in [-0.05, 0) is 24.1 Å². The lowest BCUT2D eigenvalue weighted by molar-refractivity contribution is 0.640. The van der Waals surface area contributed by atoms with Crippen molar-refractivity contribution in [2.24, 2.45) is 0 Å². The minimum atomic E-state index is 0.328. The molecule has 0 spiro atoms. The van der Waals surface area contributed by atoms with Crippen LogP contribution in [0, 0.1) is 0 Å². The van der Waals surface area contributed by atoms with Crippen LogP contribution in [0.15, 0.2) is 42.7 Å². The van der Waals surface area contributed by atoms with Crippen LogP contribution in [-0.4, -0.2) is 26.1 Å². The van der Waals surface area contributed by atoms with Gasteiger partial charge in [-0.1, -0.05) is 18.2 Å². The van der Waals surface area contributed by atoms with Crippen LogP contribution < -0.4 is 5.32 Å². The topological polar surface area (TPSA) is 55.1 Å². The fraction of sp³-hybridized carbons (Fsp3) is 0.214. The van der Waals surface area contributed by atoms with Gasteiger partial charge in [0.2, 0.25) is 0 Å². The van der Waals surface area contributed by atoms with Crippen LogP contribution >= 0.6 is 0 Å². The minimum absolute atomic E-state index is 0.328. The van der Waals surface area contributed by atoms with E-state index in [2.05, 4.69) is 44.8 Å². The highest BCUT2D eigenvalue weighted by Crippen LogP contribution is 2.29. The highest BCUT2D eigenvalue weighted by molar-refractivity contribution is 5.54. The Morgan fingerprint density at radius 2 is 2.11 bits per heavy atom. The van der Waals surface area contributed by atoms with Crippen LogP contribution in [0.3, 0.4) is 0 Å². The molecule has 0 fully saturated rings. The summed E-state index contributed by atoms with van der Waals surface area (Å²) in [6.07, 6.45) is 4.69. The summed E-state index contributed by atoms with van der Waals surface area (Å²) in [5.74, 6) is 1.97. The second-order valence-corrected chi connectivity index (χ2v) is 4.79. The summed E-state index contributed by atoms with van der Waals surface area (Å²) in [6.45, 7) is 0.882. The zero-order chi connectivity index (χ0) is 12.7. The molecular formula is C14H13N5. The van der Waals surface area contributed by atoms with E-state index in [9.17, 15) is 0 Å². The van der Waals surface area contributed by atoms with E-state index in [0.717, 1.165) is 18.8 Å². The molecule has 0 radical (unpaired) electrons. The Morgan fingerprint density at radius 1 is 1.16 bits per heavy atom. The lowest BCUT2D eigenvalue weighted by atomic mass is 9.93. The van der Waals surface area contributed by atoms with Gasteiger partial charge in [0.1, 0.15) is 5.82 Å². The number of benzene rings is 1. The van der Waals surface area contributed by atoms with E-state index >= 15 is 0 Å². The number of hydrogen-bond acceptors (Lipinski definition) is 4. The average Bonchev–Trinajstić information content (AvgIpc) is 2.91. The van der Waals surface area contributed by atoms with E-state index in [1.54, 1.807) is 6.20 Å². The molecule has 5 heteroatoms. The summed E-state index contributed by atoms with van der Waals surface area (Å²) < 4.78 is 1.97. The lowest BCUT2D eigenvalue weighted by Gasteiger charge is -2.24. The molecule has 1 atom stereocenters. The Morgan fingerprint density at radius 3 is 3.11 bits per heavy atom. The van der Waals surface area contributed by atoms with Gasteiger partial charge in [-0.3, -0.25) is 4.40 Å². The predicted molar refractivity (Wildman–Crippen MR) is 72.2 cm³/mol. The van der Waals surface area contributed by atoms with Crippen molar-refractivity contribution in [3.05, 3.63) is 54.1 Å². The van der Waals surface area contributed by atoms with E-state index in [4.69, 9.17) is 0 Å². The summed E-state index contributed by atoms with van der Waals surface area (Å²) in [6, 6.07) is 10.3. The second-order valence-electron chi connectivity index (χ2n) is 4.79. The summed E-state index contributed by atoms with van der Waals surface area (Å²) in [4.78, 5) is 4.21. The SMILES string of the molecule is c1ccc2c(c1)CC(c1nnc3ncccn13)CN2. The average molecular weight is 251 g/mol. The summed E-state index contributed by atoms with van der Waals surface area (Å²) in [5, 5.41) is 11.9. The molecule has 4 rings (SSSR count). The Balaban J connectivity index is 1.75. The van der Waals surface area contributed by atoms with E-state index in [0.29, 0.717) is 11.7 Å². The van der Waals surface area contributed by atoms with Crippen LogP contribution in [0.4, 0.5) is 5.69 Å². The number of fused-ring (bicyclic) bond motifs is 2. The van der Waals surface area contributed by atoms with E-state index < -0.39 is 0 Å². The van der Waals surface area contributed by atoms with E-state index in [1.165, 1.54) is 11.3 Å². The number of para-hydroxylation sites is 1. The van der Waals surface area contributed by atoms with Crippen molar-refractivity contribution in [2.45, 2.75) is 12.3 Å². The summed E-state index contributed by atoms with van der Waals surface area (Å²) in [5.41, 5.74) is 2.56. The first-order valence-corrected chi connectivity index (χ1v) is 6.39. The summed E-state index contributed by atoms with van der Waals surface area (Å²) >= 11 is 0. The Kier molecular flexibility index (Phi) is 2.24. The number of hydrogen-bond donors (Lipinski definition) is 1. The van der Waals surface area contributed by atoms with Crippen molar-refractivity contribution in [1.82, 2.24) is 19.6 Å². The third-order valence-corrected chi connectivity index (χ3v) is 3.60. The molecule has 0 saturated heterocycles. The van der Waals surface area contributed by atoms with Crippen LogP contribution in [0.5, 0.6) is 0 Å². The van der Waals surface area contributed by atoms with Crippen molar-refractivity contribution in [3.63, 3.8) is 0 Å². The molecule has 1 unspecified atom stereocenters. The maximum Gasteiger partial charge on any atom is 0.254 e. The van der Waals surface area contributed by atoms with Gasteiger partial charge >= 0.3 is 0 Å². The minimum Gasteiger partial charge on any atom is -0.384 e. The monoisotopic (exact) mass is 251 g/mol. The smallest absolute Gasteiger partial charge is 0.254 e. The van der Waals surface area contributed by atoms with Gasteiger partial charge in [0.05, 0.1) is 0 Å². The highest BCUT2D eigenvalue weighted by atomic mass is 15.3. The molecule has 94 valence electrons. The van der Waals surface area contributed by atoms with Gasteiger partial charge in [0, 0.05) is 30.5 Å². The fourth-order valence-electron chi connectivity index (χ4n) is 2.66. The zero-order valence-electron chi connectivity index (χ0n) is 10.3. The predicted octanol–water partition coefficient (Wildman–Crippen LogP) is 1.88. The Bertz CT molecular complexity index is 733. The van der Waals surface area contributed by atoms with Crippen LogP contribution in [0.1, 0.15) is 17.3 Å². The molecule has 1 aromatic carbocycles. The maximum atomic E-state index is 4.30. The first-order chi connectivity index (χ1) is 9.42. The molecule has 19 heavy (non-hydrogen) atoms. The van der Waals surface area contributed by atoms with Gasteiger partial charge in [-0.25, -0.2) is 4.98 Å². The standard InChI is InChI=1S/C14H13N5/c1-2-5-12-10(4-1)8-11(9-16-12)13-17-18-14-15-6-3-7-19(13)14/h1-7,11,16H,8-9H2. The van der Waals surface area contributed by atoms with Crippen LogP contribution in [-0.2, 0) is 6.42 Å². The Hall–Kier alpha value is -2.43. The molecule has 0 aliphatic carbocycles. The fourth-order valence-corrected chi connectivity index (χ4v) is 2.66. The zero-order valence-corrected chi connectivity index (χ0v) is 10.3. The number of rotatable bonds is 1. The largest absolute Gasteiger partial charge is 0.384 e. The van der Waals surface area contributed by atoms with Crippen molar-refractivity contribution in [2.75, 3.05) is 11.9 Å². The van der Waals surface area contributed by atoms with Gasteiger partial charge < -0.3 is 5.32 Å². The van der Waals surface area contributed by atoms with Gasteiger partial charge in [-0.2, -0.15) is 0 Å². The molecular weight excluding hydrogens is 238 g/mol. The quantitative estimate of drug-likeness (QED) is 0.717. The molecule has 3 aromatic rings. The van der Waals surface area contributed by atoms with Gasteiger partial charge in [0.15, 0.2) is 0 Å². The second kappa shape index (κ2) is 4.05. The first-order valence-electron chi connectivity index (χ1n) is 6.39. The highest BCUT2D eigenvalue weighted by Gasteiger charge is 2.23. The molecule has 5 nitrogen and oxygen atoms in total. The number of aromatic nitrogens is 4. The molecule has 1 N–H and O–H groups in total. The number of nitrogens with zero attached hydrogens (tertiary/aromatic N) is 4. The number of anilines is 1. The number of nitrogens with one attached hydrogen (secondary N) is 1. The van der Waals surface area contributed by atoms with Crippen LogP contribution in [0.2, 0.25) is 0 Å². The van der Waals surface area contributed by atoms with Crippen molar-refractivity contribution in [1.29, 1.82) is 0 Å². The third-order valence-electron chi connectivity index (χ3n) is 3.60. The van der Waals surface area contributed by atoms with Crippen molar-refractivity contribution < 1.29 is 0 Å². The Labute approximate surface area is 110 Å². The molecule has 1 aliphatic heterocycles. The van der Waals surface area contributed by atoms with Gasteiger partial charge in [0.25, 0.3) is 5.78 Å². The molecule has 0 bridgehead atoms. The molecule has 1 aliphatic rings. The first kappa shape index (κ1) is 10.5. The molecule has 3 heterocycles. The molecule has 0 amide bonds. The van der Waals surface area contributed by atoms with Crippen molar-refractivity contribution >= 4 is 11.5 Å². The van der Waals surface area contributed by atoms with E-state index in [1.807, 2.05) is 16.7 Å². The van der Waals surface area contributed by atoms with Crippen LogP contribution in [0.25, 0.3) is 5.78 Å². The van der Waals surface area contributed by atoms with Crippen molar-refractivity contribution in [3.8, 4) is 0 Å². The normalized spacial score (nSPS) is 18.0. The third kappa shape index (κ3) is 1.66. The molecule has 0 saturated carbocycles. The van der Waals surface area contributed by atoms with Gasteiger partial charge in [-0.15, -0.1) is 10.2 Å². The summed E-state index contributed by atoms with van der Waals surface area (Å²) in [7, 11) is 0. The maximum absolute atomic E-state index is 4.30. The lowest BCUT2D eigenvalue weighted by Crippen LogP contribution is -2.23. The molecule has 2 aromatic heterocycles. The van der Waals surface area contributed by atoms with E-state index in [-0.39, 0.29) is 0 Å².